The van der Waals surface area contributed by atoms with Crippen molar-refractivity contribution in [3.8, 4) is 0 Å². The molecule has 0 aliphatic heterocycles. The average Bonchev–Trinajstić information content (AvgIpc) is 3.18. The third-order valence-electron chi connectivity index (χ3n) is 6.96. The lowest BCUT2D eigenvalue weighted by molar-refractivity contribution is -0.128. The molecule has 0 bridgehead atoms. The maximum absolute atomic E-state index is 11.7. The zero-order valence-corrected chi connectivity index (χ0v) is 18.7. The summed E-state index contributed by atoms with van der Waals surface area (Å²) in [6.45, 7) is 4.57. The molecule has 1 amide bonds. The summed E-state index contributed by atoms with van der Waals surface area (Å²) in [5.74, 6) is 2.52. The van der Waals surface area contributed by atoms with Crippen LogP contribution in [-0.4, -0.2) is 36.1 Å². The van der Waals surface area contributed by atoms with Gasteiger partial charge in [0.15, 0.2) is 0 Å². The fourth-order valence-electron chi connectivity index (χ4n) is 5.05. The lowest BCUT2D eigenvalue weighted by atomic mass is 9.87. The van der Waals surface area contributed by atoms with E-state index >= 15 is 0 Å². The van der Waals surface area contributed by atoms with Gasteiger partial charge in [-0.2, -0.15) is 0 Å². The number of allylic oxidation sites excluding steroid dienone is 3. The van der Waals surface area contributed by atoms with Gasteiger partial charge in [-0.05, 0) is 56.3 Å². The number of aliphatic hydroxyl groups excluding tert-OH is 1. The molecule has 2 aliphatic rings. The molecule has 0 heterocycles. The molecule has 5 atom stereocenters. The molecule has 1 fully saturated rings. The summed E-state index contributed by atoms with van der Waals surface area (Å²) in [6.07, 6.45) is 19.3. The van der Waals surface area contributed by atoms with Gasteiger partial charge in [-0.1, -0.05) is 63.3 Å². The Hall–Kier alpha value is -1.09. The lowest BCUT2D eigenvalue weighted by Gasteiger charge is -2.19. The lowest BCUT2D eigenvalue weighted by Crippen LogP contribution is -2.21. The Balaban J connectivity index is 1.76. The number of rotatable bonds is 12. The van der Waals surface area contributed by atoms with Crippen LogP contribution >= 0.6 is 0 Å². The first kappa shape index (κ1) is 23.2. The van der Waals surface area contributed by atoms with Crippen molar-refractivity contribution in [3.63, 3.8) is 0 Å². The van der Waals surface area contributed by atoms with Gasteiger partial charge in [0.25, 0.3) is 0 Å². The van der Waals surface area contributed by atoms with Crippen molar-refractivity contribution in [3.05, 3.63) is 23.8 Å². The number of carbonyl (C=O) groups is 1. The van der Waals surface area contributed by atoms with E-state index in [2.05, 4.69) is 32.1 Å². The Kier molecular flexibility index (Phi) is 9.77. The summed E-state index contributed by atoms with van der Waals surface area (Å²) in [7, 11) is 3.66. The van der Waals surface area contributed by atoms with Crippen molar-refractivity contribution in [1.29, 1.82) is 0 Å². The predicted octanol–water partition coefficient (Wildman–Crippen LogP) is 5.74. The molecule has 0 spiro atoms. The van der Waals surface area contributed by atoms with Crippen LogP contribution < -0.4 is 0 Å². The zero-order valence-electron chi connectivity index (χ0n) is 18.7. The number of unbranched alkanes of at least 4 members (excludes halogenated alkanes) is 2. The smallest absolute Gasteiger partial charge is 0.222 e. The average molecular weight is 390 g/mol. The van der Waals surface area contributed by atoms with Crippen molar-refractivity contribution in [2.45, 2.75) is 90.6 Å². The zero-order chi connectivity index (χ0) is 20.5. The number of carbonyl (C=O) groups excluding carboxylic acids is 1. The van der Waals surface area contributed by atoms with Crippen LogP contribution in [0.1, 0.15) is 84.5 Å². The van der Waals surface area contributed by atoms with Gasteiger partial charge in [0.1, 0.15) is 0 Å². The molecular weight excluding hydrogens is 346 g/mol. The Bertz CT molecular complexity index is 537. The van der Waals surface area contributed by atoms with Crippen LogP contribution in [0.15, 0.2) is 23.8 Å². The first-order valence-electron chi connectivity index (χ1n) is 11.7. The van der Waals surface area contributed by atoms with E-state index in [9.17, 15) is 9.90 Å². The van der Waals surface area contributed by atoms with E-state index < -0.39 is 0 Å². The monoisotopic (exact) mass is 389 g/mol. The van der Waals surface area contributed by atoms with E-state index in [-0.39, 0.29) is 12.0 Å². The van der Waals surface area contributed by atoms with Gasteiger partial charge >= 0.3 is 0 Å². The third kappa shape index (κ3) is 6.76. The Morgan fingerprint density at radius 3 is 2.75 bits per heavy atom. The highest BCUT2D eigenvalue weighted by atomic mass is 16.3. The molecule has 0 aromatic rings. The van der Waals surface area contributed by atoms with Gasteiger partial charge < -0.3 is 10.0 Å². The highest BCUT2D eigenvalue weighted by Gasteiger charge is 2.43. The number of hydrogen-bond donors (Lipinski definition) is 1. The minimum atomic E-state index is -0.169. The van der Waals surface area contributed by atoms with Crippen molar-refractivity contribution in [2.75, 3.05) is 14.1 Å². The van der Waals surface area contributed by atoms with Crippen molar-refractivity contribution < 1.29 is 9.90 Å². The minimum absolute atomic E-state index is 0.169. The van der Waals surface area contributed by atoms with E-state index in [0.29, 0.717) is 24.2 Å². The van der Waals surface area contributed by atoms with Crippen molar-refractivity contribution >= 4 is 5.91 Å². The highest BCUT2D eigenvalue weighted by Crippen LogP contribution is 2.48. The largest absolute Gasteiger partial charge is 0.392 e. The number of hydrogen-bond acceptors (Lipinski definition) is 2. The molecule has 0 aromatic carbocycles. The normalized spacial score (nSPS) is 27.8. The predicted molar refractivity (Wildman–Crippen MR) is 118 cm³/mol. The molecule has 1 N–H and O–H groups in total. The summed E-state index contributed by atoms with van der Waals surface area (Å²) in [6, 6.07) is 0. The first-order chi connectivity index (χ1) is 13.5. The maximum Gasteiger partial charge on any atom is 0.222 e. The summed E-state index contributed by atoms with van der Waals surface area (Å²) >= 11 is 0. The van der Waals surface area contributed by atoms with Gasteiger partial charge in [-0.3, -0.25) is 4.79 Å². The fourth-order valence-corrected chi connectivity index (χ4v) is 5.05. The van der Waals surface area contributed by atoms with Gasteiger partial charge in [0, 0.05) is 26.4 Å². The molecule has 1 saturated carbocycles. The van der Waals surface area contributed by atoms with Crippen LogP contribution in [0, 0.1) is 23.7 Å². The first-order valence-corrected chi connectivity index (χ1v) is 11.7. The number of amides is 1. The van der Waals surface area contributed by atoms with Crippen LogP contribution in [-0.2, 0) is 4.79 Å². The summed E-state index contributed by atoms with van der Waals surface area (Å²) in [5, 5.41) is 10.5. The van der Waals surface area contributed by atoms with Gasteiger partial charge in [-0.15, -0.1) is 0 Å². The summed E-state index contributed by atoms with van der Waals surface area (Å²) in [5.41, 5.74) is 1.56. The second-order valence-electron chi connectivity index (χ2n) is 9.31. The molecular formula is C25H43NO2. The van der Waals surface area contributed by atoms with E-state index in [1.165, 1.54) is 25.7 Å². The Labute approximate surface area is 173 Å². The third-order valence-corrected chi connectivity index (χ3v) is 6.96. The summed E-state index contributed by atoms with van der Waals surface area (Å²) in [4.78, 5) is 13.4. The molecule has 0 radical (unpaired) electrons. The highest BCUT2D eigenvalue weighted by molar-refractivity contribution is 5.75. The topological polar surface area (TPSA) is 40.5 Å². The number of aliphatic hydroxyl groups is 1. The van der Waals surface area contributed by atoms with Crippen LogP contribution in [0.5, 0.6) is 0 Å². The molecule has 0 aromatic heterocycles. The van der Waals surface area contributed by atoms with E-state index in [4.69, 9.17) is 0 Å². The quantitative estimate of drug-likeness (QED) is 0.341. The van der Waals surface area contributed by atoms with Crippen molar-refractivity contribution in [2.24, 2.45) is 23.7 Å². The van der Waals surface area contributed by atoms with E-state index in [1.807, 2.05) is 14.1 Å². The van der Waals surface area contributed by atoms with Gasteiger partial charge in [0.2, 0.25) is 5.91 Å². The van der Waals surface area contributed by atoms with Crippen LogP contribution in [0.25, 0.3) is 0 Å². The Morgan fingerprint density at radius 1 is 1.29 bits per heavy atom. The second-order valence-corrected chi connectivity index (χ2v) is 9.31. The molecule has 0 saturated heterocycles. The molecule has 160 valence electrons. The maximum atomic E-state index is 11.7. The van der Waals surface area contributed by atoms with E-state index in [0.717, 1.165) is 44.4 Å². The Morgan fingerprint density at radius 2 is 2.07 bits per heavy atom. The molecule has 28 heavy (non-hydrogen) atoms. The summed E-state index contributed by atoms with van der Waals surface area (Å²) < 4.78 is 0. The van der Waals surface area contributed by atoms with Crippen LogP contribution in [0.3, 0.4) is 0 Å². The second kappa shape index (κ2) is 11.8. The number of nitrogens with zero attached hydrogens (tertiary/aromatic N) is 1. The number of fused-ring (bicyclic) bond motifs is 1. The molecule has 1 unspecified atom stereocenters. The molecule has 2 rings (SSSR count). The SMILES string of the molecule is CCCCC(CC)C/C=C/[C@@H]1[C@@H]2CC(CCCCC(=O)N(C)C)=C[C@H]2C[C@H]1O. The van der Waals surface area contributed by atoms with Crippen molar-refractivity contribution in [1.82, 2.24) is 4.90 Å². The fraction of sp³-hybridized carbons (Fsp3) is 0.800. The van der Waals surface area contributed by atoms with Gasteiger partial charge in [0.05, 0.1) is 6.10 Å². The molecule has 3 nitrogen and oxygen atoms in total. The van der Waals surface area contributed by atoms with Crippen LogP contribution in [0.4, 0.5) is 0 Å². The van der Waals surface area contributed by atoms with Gasteiger partial charge in [-0.25, -0.2) is 0 Å². The minimum Gasteiger partial charge on any atom is -0.392 e. The molecule has 3 heteroatoms. The van der Waals surface area contributed by atoms with E-state index in [1.54, 1.807) is 10.5 Å². The van der Waals surface area contributed by atoms with Crippen LogP contribution in [0.2, 0.25) is 0 Å². The standard InChI is InChI=1S/C25H43NO2/c1-5-7-11-19(6-2)13-10-14-22-23-17-20(16-21(23)18-24(22)27)12-8-9-15-25(28)26(3)4/h10,14,16,19,21-24,27H,5-9,11-13,15,17-18H2,1-4H3/b14-10+/t19?,21-,22+,23+,24+/m0/s1. The molecule has 2 aliphatic carbocycles.